The molecular weight excluding hydrogens is 270 g/mol. The van der Waals surface area contributed by atoms with E-state index in [1.807, 2.05) is 30.3 Å². The molecule has 0 saturated heterocycles. The Morgan fingerprint density at radius 3 is 2.55 bits per heavy atom. The van der Waals surface area contributed by atoms with Gasteiger partial charge >= 0.3 is 0 Å². The Morgan fingerprint density at radius 1 is 1.05 bits per heavy atom. The van der Waals surface area contributed by atoms with E-state index < -0.39 is 10.0 Å². The lowest BCUT2D eigenvalue weighted by atomic mass is 9.83. The number of benzene rings is 2. The number of fused-ring (bicyclic) bond motifs is 1. The third-order valence-corrected chi connectivity index (χ3v) is 5.63. The minimum atomic E-state index is -3.42. The van der Waals surface area contributed by atoms with E-state index in [1.165, 1.54) is 19.3 Å². The lowest BCUT2D eigenvalue weighted by molar-refractivity contribution is 0.297. The molecule has 2 aromatic carbocycles. The van der Waals surface area contributed by atoms with Crippen LogP contribution in [0, 0.1) is 5.92 Å². The summed E-state index contributed by atoms with van der Waals surface area (Å²) in [5, 5.41) is 1.74. The third kappa shape index (κ3) is 2.72. The molecule has 0 aliphatic heterocycles. The molecule has 3 rings (SSSR count). The molecule has 0 radical (unpaired) electrons. The number of hydrogen-bond acceptors (Lipinski definition) is 2. The lowest BCUT2D eigenvalue weighted by Crippen LogP contribution is -2.27. The van der Waals surface area contributed by atoms with Crippen molar-refractivity contribution in [3.05, 3.63) is 42.5 Å². The van der Waals surface area contributed by atoms with Crippen LogP contribution in [0.15, 0.2) is 47.4 Å². The maximum Gasteiger partial charge on any atom is 0.241 e. The van der Waals surface area contributed by atoms with Gasteiger partial charge in [-0.3, -0.25) is 0 Å². The Balaban J connectivity index is 1.81. The molecule has 1 N–H and O–H groups in total. The molecular formula is C16H19NO2S. The van der Waals surface area contributed by atoms with Crippen LogP contribution in [0.3, 0.4) is 0 Å². The molecule has 2 aromatic rings. The van der Waals surface area contributed by atoms with Crippen LogP contribution >= 0.6 is 0 Å². The molecule has 1 saturated carbocycles. The predicted octanol–water partition coefficient (Wildman–Crippen LogP) is 3.31. The summed E-state index contributed by atoms with van der Waals surface area (Å²) in [6, 6.07) is 13.0. The molecule has 0 spiro atoms. The van der Waals surface area contributed by atoms with Gasteiger partial charge in [-0.15, -0.1) is 0 Å². The van der Waals surface area contributed by atoms with Gasteiger partial charge in [-0.05, 0) is 23.8 Å². The Morgan fingerprint density at radius 2 is 1.80 bits per heavy atom. The molecule has 3 nitrogen and oxygen atoms in total. The molecule has 1 fully saturated rings. The molecule has 1 aliphatic carbocycles. The van der Waals surface area contributed by atoms with Gasteiger partial charge in [-0.25, -0.2) is 13.1 Å². The van der Waals surface area contributed by atoms with Crippen molar-refractivity contribution in [1.29, 1.82) is 0 Å². The lowest BCUT2D eigenvalue weighted by Gasteiger charge is -2.25. The van der Waals surface area contributed by atoms with Crippen LogP contribution in [0.2, 0.25) is 0 Å². The molecule has 0 aromatic heterocycles. The van der Waals surface area contributed by atoms with Gasteiger partial charge in [0, 0.05) is 11.9 Å². The highest BCUT2D eigenvalue weighted by molar-refractivity contribution is 7.89. The van der Waals surface area contributed by atoms with Gasteiger partial charge in [0.15, 0.2) is 0 Å². The molecule has 0 unspecified atom stereocenters. The van der Waals surface area contributed by atoms with Crippen LogP contribution < -0.4 is 4.72 Å². The Bertz CT molecular complexity index is 700. The van der Waals surface area contributed by atoms with Crippen LogP contribution in [0.5, 0.6) is 0 Å². The molecule has 106 valence electrons. The number of sulfonamides is 1. The van der Waals surface area contributed by atoms with Crippen molar-refractivity contribution in [2.75, 3.05) is 6.54 Å². The second-order valence-corrected chi connectivity index (χ2v) is 7.20. The van der Waals surface area contributed by atoms with Crippen LogP contribution in [0.4, 0.5) is 0 Å². The highest BCUT2D eigenvalue weighted by Gasteiger charge is 2.20. The van der Waals surface area contributed by atoms with Crippen molar-refractivity contribution in [2.24, 2.45) is 5.92 Å². The first-order valence-electron chi connectivity index (χ1n) is 7.14. The van der Waals surface area contributed by atoms with Crippen molar-refractivity contribution in [3.63, 3.8) is 0 Å². The average molecular weight is 289 g/mol. The van der Waals surface area contributed by atoms with Crippen LogP contribution in [-0.2, 0) is 10.0 Å². The first-order valence-corrected chi connectivity index (χ1v) is 8.62. The highest BCUT2D eigenvalue weighted by Crippen LogP contribution is 2.29. The van der Waals surface area contributed by atoms with Crippen LogP contribution in [0.1, 0.15) is 25.7 Å². The molecule has 0 bridgehead atoms. The SMILES string of the molecule is O=S(=O)(NCCC1CCC1)c1cccc2ccccc12. The van der Waals surface area contributed by atoms with Gasteiger partial charge in [0.2, 0.25) is 10.0 Å². The Labute approximate surface area is 120 Å². The van der Waals surface area contributed by atoms with E-state index in [0.29, 0.717) is 17.4 Å². The van der Waals surface area contributed by atoms with E-state index in [-0.39, 0.29) is 0 Å². The molecule has 20 heavy (non-hydrogen) atoms. The summed E-state index contributed by atoms with van der Waals surface area (Å²) in [7, 11) is -3.42. The summed E-state index contributed by atoms with van der Waals surface area (Å²) in [4.78, 5) is 0.379. The fourth-order valence-electron chi connectivity index (χ4n) is 2.69. The van der Waals surface area contributed by atoms with Gasteiger partial charge in [0.05, 0.1) is 4.90 Å². The van der Waals surface area contributed by atoms with Crippen molar-refractivity contribution < 1.29 is 8.42 Å². The summed E-state index contributed by atoms with van der Waals surface area (Å²) in [5.74, 6) is 0.713. The van der Waals surface area contributed by atoms with E-state index in [0.717, 1.165) is 17.2 Å². The highest BCUT2D eigenvalue weighted by atomic mass is 32.2. The standard InChI is InChI=1S/C16H19NO2S/c18-20(19,17-12-11-13-5-3-6-13)16-10-4-8-14-7-1-2-9-15(14)16/h1-2,4,7-10,13,17H,3,5-6,11-12H2. The fourth-order valence-corrected chi connectivity index (χ4v) is 3.96. The van der Waals surface area contributed by atoms with E-state index >= 15 is 0 Å². The summed E-state index contributed by atoms with van der Waals surface area (Å²) in [6.07, 6.45) is 4.73. The number of hydrogen-bond donors (Lipinski definition) is 1. The van der Waals surface area contributed by atoms with Crippen molar-refractivity contribution >= 4 is 20.8 Å². The van der Waals surface area contributed by atoms with E-state index in [1.54, 1.807) is 12.1 Å². The average Bonchev–Trinajstić information content (AvgIpc) is 2.41. The van der Waals surface area contributed by atoms with E-state index in [4.69, 9.17) is 0 Å². The first-order chi connectivity index (χ1) is 9.67. The minimum Gasteiger partial charge on any atom is -0.211 e. The maximum atomic E-state index is 12.4. The largest absolute Gasteiger partial charge is 0.241 e. The molecule has 1 aliphatic rings. The minimum absolute atomic E-state index is 0.379. The monoisotopic (exact) mass is 289 g/mol. The number of rotatable bonds is 5. The summed E-state index contributed by atoms with van der Waals surface area (Å²) < 4.78 is 27.6. The van der Waals surface area contributed by atoms with E-state index in [9.17, 15) is 8.42 Å². The van der Waals surface area contributed by atoms with Gasteiger partial charge in [-0.2, -0.15) is 0 Å². The third-order valence-electron chi connectivity index (χ3n) is 4.11. The molecule has 0 atom stereocenters. The molecule has 0 amide bonds. The van der Waals surface area contributed by atoms with Crippen LogP contribution in [0.25, 0.3) is 10.8 Å². The van der Waals surface area contributed by atoms with E-state index in [2.05, 4.69) is 4.72 Å². The zero-order valence-electron chi connectivity index (χ0n) is 11.4. The first kappa shape index (κ1) is 13.6. The predicted molar refractivity (Wildman–Crippen MR) is 81.1 cm³/mol. The quantitative estimate of drug-likeness (QED) is 0.918. The Hall–Kier alpha value is -1.39. The zero-order chi connectivity index (χ0) is 14.0. The summed E-state index contributed by atoms with van der Waals surface area (Å²) >= 11 is 0. The second-order valence-electron chi connectivity index (χ2n) is 5.46. The summed E-state index contributed by atoms with van der Waals surface area (Å²) in [5.41, 5.74) is 0. The zero-order valence-corrected chi connectivity index (χ0v) is 12.2. The van der Waals surface area contributed by atoms with Crippen LogP contribution in [-0.4, -0.2) is 15.0 Å². The van der Waals surface area contributed by atoms with Gasteiger partial charge in [0.25, 0.3) is 0 Å². The topological polar surface area (TPSA) is 46.2 Å². The normalized spacial score (nSPS) is 16.2. The Kier molecular flexibility index (Phi) is 3.76. The van der Waals surface area contributed by atoms with Crippen molar-refractivity contribution in [1.82, 2.24) is 4.72 Å². The fraction of sp³-hybridized carbons (Fsp3) is 0.375. The number of nitrogens with one attached hydrogen (secondary N) is 1. The smallest absolute Gasteiger partial charge is 0.211 e. The second kappa shape index (κ2) is 5.54. The maximum absolute atomic E-state index is 12.4. The summed E-state index contributed by atoms with van der Waals surface area (Å²) in [6.45, 7) is 0.538. The van der Waals surface area contributed by atoms with Crippen molar-refractivity contribution in [3.8, 4) is 0 Å². The van der Waals surface area contributed by atoms with Crippen molar-refractivity contribution in [2.45, 2.75) is 30.6 Å². The molecule has 0 heterocycles. The van der Waals surface area contributed by atoms with Gasteiger partial charge < -0.3 is 0 Å². The van der Waals surface area contributed by atoms with Gasteiger partial charge in [0.1, 0.15) is 0 Å². The van der Waals surface area contributed by atoms with Gasteiger partial charge in [-0.1, -0.05) is 55.7 Å². The molecule has 4 heteroatoms.